The maximum Gasteiger partial charge on any atom is 0.325 e. The molecular weight excluding hydrogens is 875 g/mol. The van der Waals surface area contributed by atoms with Crippen LogP contribution in [0.1, 0.15) is 154 Å². The van der Waals surface area contributed by atoms with Crippen LogP contribution in [0.2, 0.25) is 0 Å². The van der Waals surface area contributed by atoms with Gasteiger partial charge in [-0.3, -0.25) is 38.4 Å². The zero-order chi connectivity index (χ0) is 50.5. The fourth-order valence-electron chi connectivity index (χ4n) is 8.31. The van der Waals surface area contributed by atoms with Gasteiger partial charge in [0, 0.05) is 63.2 Å². The molecule has 17 nitrogen and oxygen atoms in total. The van der Waals surface area contributed by atoms with Gasteiger partial charge in [-0.1, -0.05) is 103 Å². The third-order valence-electron chi connectivity index (χ3n) is 12.8. The smallest absolute Gasteiger partial charge is 0.325 e. The summed E-state index contributed by atoms with van der Waals surface area (Å²) in [6.45, 7) is 5.69. The van der Waals surface area contributed by atoms with Crippen molar-refractivity contribution in [1.82, 2.24) is 25.8 Å². The molecule has 3 rings (SSSR count). The number of Topliss-reactive ketones (excluding diaryl/α,β-unsaturated/α-hetero) is 2. The number of nitrogens with one attached hydrogen (secondary N) is 3. The Hall–Kier alpha value is -5.84. The van der Waals surface area contributed by atoms with Crippen LogP contribution in [0, 0.1) is 5.92 Å². The number of aliphatic hydroxyl groups is 1. The van der Waals surface area contributed by atoms with Gasteiger partial charge in [0.2, 0.25) is 29.5 Å². The lowest BCUT2D eigenvalue weighted by molar-refractivity contribution is -0.142. The Labute approximate surface area is 400 Å². The average molecular weight is 950 g/mol. The lowest BCUT2D eigenvalue weighted by atomic mass is 9.89. The SMILES string of the molecule is CCCCCCCCCCCCCCCC(=O)N(C)[C@H](CO)C(=O)N[C@H](C)C(=O)CCC(=O)N(C)[C@@H]1C(=O)C[C@@H](C)C(=O)N[C@H](C(=O)NC(C)C(=O)O)Cc2ccc(O)c(c2)-c2cc1ccc2O. The van der Waals surface area contributed by atoms with Gasteiger partial charge in [0.1, 0.15) is 35.7 Å². The molecule has 1 unspecified atom stereocenters. The number of carbonyl (C=O) groups is 8. The van der Waals surface area contributed by atoms with Gasteiger partial charge in [-0.25, -0.2) is 0 Å². The van der Waals surface area contributed by atoms with E-state index in [-0.39, 0.29) is 53.4 Å². The number of phenolic OH excluding ortho intramolecular Hbond substituents is 2. The highest BCUT2D eigenvalue weighted by molar-refractivity contribution is 5.97. The Morgan fingerprint density at radius 1 is 0.721 bits per heavy atom. The van der Waals surface area contributed by atoms with Crippen molar-refractivity contribution >= 4 is 47.1 Å². The van der Waals surface area contributed by atoms with Crippen LogP contribution in [0.25, 0.3) is 11.1 Å². The Kier molecular flexibility index (Phi) is 23.7. The first kappa shape index (κ1) is 56.5. The second kappa shape index (κ2) is 28.5. The third-order valence-corrected chi connectivity index (χ3v) is 12.8. The van der Waals surface area contributed by atoms with E-state index in [0.717, 1.165) is 24.2 Å². The van der Waals surface area contributed by atoms with Gasteiger partial charge < -0.3 is 46.2 Å². The van der Waals surface area contributed by atoms with Crippen molar-refractivity contribution in [3.8, 4) is 22.6 Å². The number of aliphatic carboxylic acids is 1. The van der Waals surface area contributed by atoms with Crippen molar-refractivity contribution in [2.24, 2.45) is 5.92 Å². The zero-order valence-corrected chi connectivity index (χ0v) is 40.8. The van der Waals surface area contributed by atoms with Gasteiger partial charge in [0.25, 0.3) is 0 Å². The number of aliphatic hydroxyl groups excluding tert-OH is 1. The standard InChI is InChI=1S/C51H75N5O12/c1-7-8-9-10-11-12-13-14-15-16-17-18-19-20-45(62)55(5)40(31-57)50(66)52-33(3)41(58)25-26-46(63)56(6)47-36-22-24-43(60)38(30-36)37-28-35(21-23-42(37)59)29-39(49(65)53-34(4)51(67)68)54-48(64)32(2)27-44(47)61/h21-24,28,30,32-34,39-40,47,57,59-60H,7-20,25-27,29,31H2,1-6H3,(H,52,66)(H,53,65)(H,54,64)(H,67,68)/t32-,33-,34?,39+,40-,47+/m1/s1. The number of benzene rings is 2. The first-order valence-corrected chi connectivity index (χ1v) is 24.3. The Morgan fingerprint density at radius 3 is 1.85 bits per heavy atom. The van der Waals surface area contributed by atoms with Crippen molar-refractivity contribution in [3.63, 3.8) is 0 Å². The number of unbranched alkanes of at least 4 members (excludes halogenated alkanes) is 12. The molecule has 0 spiro atoms. The summed E-state index contributed by atoms with van der Waals surface area (Å²) >= 11 is 0. The monoisotopic (exact) mass is 950 g/mol. The molecule has 376 valence electrons. The molecule has 0 saturated heterocycles. The largest absolute Gasteiger partial charge is 0.507 e. The second-order valence-electron chi connectivity index (χ2n) is 18.3. The van der Waals surface area contributed by atoms with E-state index >= 15 is 0 Å². The summed E-state index contributed by atoms with van der Waals surface area (Å²) in [6, 6.07) is 2.16. The minimum atomic E-state index is -1.36. The van der Waals surface area contributed by atoms with Crippen LogP contribution in [0.3, 0.4) is 0 Å². The number of hydrogen-bond acceptors (Lipinski definition) is 11. The lowest BCUT2D eigenvalue weighted by Crippen LogP contribution is -2.53. The summed E-state index contributed by atoms with van der Waals surface area (Å²) in [4.78, 5) is 108. The first-order chi connectivity index (χ1) is 32.3. The summed E-state index contributed by atoms with van der Waals surface area (Å²) in [5.41, 5.74) is 0.844. The Balaban J connectivity index is 1.65. The topological polar surface area (TPSA) is 260 Å². The number of ketones is 2. The maximum atomic E-state index is 14.2. The zero-order valence-electron chi connectivity index (χ0n) is 40.8. The van der Waals surface area contributed by atoms with E-state index in [0.29, 0.717) is 12.0 Å². The minimum absolute atomic E-state index is 0.0861. The van der Waals surface area contributed by atoms with Crippen LogP contribution in [0.4, 0.5) is 0 Å². The molecule has 1 heterocycles. The van der Waals surface area contributed by atoms with E-state index in [4.69, 9.17) is 0 Å². The quantitative estimate of drug-likeness (QED) is 0.0565. The fourth-order valence-corrected chi connectivity index (χ4v) is 8.31. The van der Waals surface area contributed by atoms with Gasteiger partial charge in [0.05, 0.1) is 12.6 Å². The predicted octanol–water partition coefficient (Wildman–Crippen LogP) is 5.64. The summed E-state index contributed by atoms with van der Waals surface area (Å²) < 4.78 is 0. The molecule has 0 radical (unpaired) electrons. The number of amides is 5. The number of carbonyl (C=O) groups excluding carboxylic acids is 7. The van der Waals surface area contributed by atoms with Gasteiger partial charge >= 0.3 is 5.97 Å². The minimum Gasteiger partial charge on any atom is -0.507 e. The maximum absolute atomic E-state index is 14.2. The molecule has 7 N–H and O–H groups in total. The van der Waals surface area contributed by atoms with Crippen LogP contribution < -0.4 is 16.0 Å². The van der Waals surface area contributed by atoms with Crippen LogP contribution in [-0.4, -0.2) is 122 Å². The number of nitrogens with zero attached hydrogens (tertiary/aromatic N) is 2. The molecule has 6 atom stereocenters. The summed E-state index contributed by atoms with van der Waals surface area (Å²) in [5.74, 6) is -7.23. The van der Waals surface area contributed by atoms with Crippen molar-refractivity contribution < 1.29 is 58.8 Å². The van der Waals surface area contributed by atoms with Gasteiger partial charge in [-0.05, 0) is 55.7 Å². The molecule has 68 heavy (non-hydrogen) atoms. The van der Waals surface area contributed by atoms with E-state index in [1.165, 1.54) is 134 Å². The number of fused-ring (bicyclic) bond motifs is 5. The molecular formula is C51H75N5O12. The highest BCUT2D eigenvalue weighted by Crippen LogP contribution is 2.39. The molecule has 0 aliphatic carbocycles. The van der Waals surface area contributed by atoms with Crippen LogP contribution in [0.15, 0.2) is 36.4 Å². The van der Waals surface area contributed by atoms with E-state index in [2.05, 4.69) is 22.9 Å². The number of carboxylic acids is 1. The Bertz CT molecular complexity index is 2060. The normalized spacial score (nSPS) is 17.4. The first-order valence-electron chi connectivity index (χ1n) is 24.3. The summed E-state index contributed by atoms with van der Waals surface area (Å²) in [5, 5.41) is 48.9. The lowest BCUT2D eigenvalue weighted by Gasteiger charge is -2.30. The van der Waals surface area contributed by atoms with E-state index in [1.807, 2.05) is 0 Å². The van der Waals surface area contributed by atoms with Gasteiger partial charge in [-0.15, -0.1) is 0 Å². The number of carboxylic acid groups (broad SMARTS) is 1. The average Bonchev–Trinajstić information content (AvgIpc) is 3.30. The number of phenols is 2. The van der Waals surface area contributed by atoms with E-state index in [9.17, 15) is 58.8 Å². The van der Waals surface area contributed by atoms with E-state index in [1.54, 1.807) is 0 Å². The third kappa shape index (κ3) is 17.4. The number of rotatable bonds is 26. The molecule has 4 bridgehead atoms. The highest BCUT2D eigenvalue weighted by Gasteiger charge is 2.35. The molecule has 0 fully saturated rings. The van der Waals surface area contributed by atoms with Crippen LogP contribution >= 0.6 is 0 Å². The molecule has 5 amide bonds. The molecule has 1 aliphatic heterocycles. The van der Waals surface area contributed by atoms with Crippen molar-refractivity contribution in [1.29, 1.82) is 0 Å². The number of likely N-dealkylation sites (N-methyl/N-ethyl adjacent to an activating group) is 2. The van der Waals surface area contributed by atoms with Crippen LogP contribution in [0.5, 0.6) is 11.5 Å². The molecule has 0 aromatic heterocycles. The number of hydrogen-bond donors (Lipinski definition) is 7. The van der Waals surface area contributed by atoms with Crippen LogP contribution in [-0.2, 0) is 44.8 Å². The fraction of sp³-hybridized carbons (Fsp3) is 0.608. The predicted molar refractivity (Wildman–Crippen MR) is 256 cm³/mol. The molecule has 1 aliphatic rings. The van der Waals surface area contributed by atoms with Crippen molar-refractivity contribution in [2.45, 2.75) is 173 Å². The molecule has 2 aromatic carbocycles. The number of aromatic hydroxyl groups is 2. The summed E-state index contributed by atoms with van der Waals surface area (Å²) in [6.07, 6.45) is 14.0. The molecule has 17 heteroatoms. The highest BCUT2D eigenvalue weighted by atomic mass is 16.4. The summed E-state index contributed by atoms with van der Waals surface area (Å²) in [7, 11) is 2.78. The Morgan fingerprint density at radius 2 is 1.28 bits per heavy atom. The van der Waals surface area contributed by atoms with Gasteiger partial charge in [0.15, 0.2) is 11.6 Å². The van der Waals surface area contributed by atoms with Crippen molar-refractivity contribution in [2.75, 3.05) is 20.7 Å². The van der Waals surface area contributed by atoms with Crippen molar-refractivity contribution in [3.05, 3.63) is 47.5 Å². The second-order valence-corrected chi connectivity index (χ2v) is 18.3. The molecule has 2 aromatic rings. The van der Waals surface area contributed by atoms with E-state index < -0.39 is 96.7 Å². The van der Waals surface area contributed by atoms with Gasteiger partial charge in [-0.2, -0.15) is 0 Å². The molecule has 0 saturated carbocycles.